The predicted octanol–water partition coefficient (Wildman–Crippen LogP) is 0.438. The van der Waals surface area contributed by atoms with Crippen molar-refractivity contribution < 1.29 is 23.8 Å². The molecule has 0 radical (unpaired) electrons. The molecule has 1 aliphatic heterocycles. The summed E-state index contributed by atoms with van der Waals surface area (Å²) < 4.78 is 23.7. The molecule has 1 aromatic heterocycles. The van der Waals surface area contributed by atoms with E-state index in [0.29, 0.717) is 30.0 Å². The molecular weight excluding hydrogens is 305 g/mol. The molecule has 124 valence electrons. The van der Waals surface area contributed by atoms with Crippen molar-refractivity contribution in [2.75, 3.05) is 32.9 Å². The Kier molecular flexibility index (Phi) is 4.85. The van der Waals surface area contributed by atoms with E-state index in [4.69, 9.17) is 9.47 Å². The molecule has 1 fully saturated rings. The number of aromatic amines is 1. The minimum atomic E-state index is -0.674. The maximum absolute atomic E-state index is 13.1. The fourth-order valence-electron chi connectivity index (χ4n) is 2.45. The topological polar surface area (TPSA) is 87.7 Å². The van der Waals surface area contributed by atoms with Gasteiger partial charge in [-0.05, 0) is 18.2 Å². The Morgan fingerprint density at radius 1 is 1.57 bits per heavy atom. The second kappa shape index (κ2) is 7.03. The van der Waals surface area contributed by atoms with Gasteiger partial charge in [-0.1, -0.05) is 0 Å². The van der Waals surface area contributed by atoms with E-state index >= 15 is 0 Å². The molecule has 0 saturated carbocycles. The van der Waals surface area contributed by atoms with Crippen molar-refractivity contribution in [2.45, 2.75) is 12.7 Å². The average Bonchev–Trinajstić information content (AvgIpc) is 2.78. The van der Waals surface area contributed by atoms with E-state index in [1.807, 2.05) is 0 Å². The molecule has 2 N–H and O–H groups in total. The maximum Gasteiger partial charge on any atom is 0.248 e. The first kappa shape index (κ1) is 15.9. The number of β-amino-alcohol motifs (C(OH)–C–C–N with tert-alkyl or cyclic N) is 1. The molecule has 2 heterocycles. The zero-order valence-corrected chi connectivity index (χ0v) is 12.5. The second-order valence-corrected chi connectivity index (χ2v) is 5.41. The van der Waals surface area contributed by atoms with Gasteiger partial charge in [0.25, 0.3) is 0 Å². The number of H-pyrrole nitrogens is 1. The van der Waals surface area contributed by atoms with E-state index < -0.39 is 6.10 Å². The number of imidazole rings is 1. The zero-order valence-electron chi connectivity index (χ0n) is 12.5. The van der Waals surface area contributed by atoms with Gasteiger partial charge in [0.15, 0.2) is 0 Å². The van der Waals surface area contributed by atoms with E-state index in [9.17, 15) is 14.3 Å². The van der Waals surface area contributed by atoms with Gasteiger partial charge in [-0.3, -0.25) is 4.79 Å². The van der Waals surface area contributed by atoms with Crippen LogP contribution in [0.3, 0.4) is 0 Å². The van der Waals surface area contributed by atoms with Gasteiger partial charge in [0.1, 0.15) is 24.9 Å². The highest BCUT2D eigenvalue weighted by molar-refractivity contribution is 5.77. The molecule has 0 unspecified atom stereocenters. The number of fused-ring (bicyclic) bond motifs is 1. The van der Waals surface area contributed by atoms with Gasteiger partial charge in [0, 0.05) is 13.1 Å². The predicted molar refractivity (Wildman–Crippen MR) is 79.1 cm³/mol. The number of nitrogens with one attached hydrogen (secondary N) is 1. The minimum Gasteiger partial charge on any atom is -0.389 e. The molecule has 1 aliphatic rings. The number of benzene rings is 1. The number of nitrogens with zero attached hydrogens (tertiary/aromatic N) is 2. The van der Waals surface area contributed by atoms with Crippen molar-refractivity contribution in [2.24, 2.45) is 0 Å². The third kappa shape index (κ3) is 4.04. The Hall–Kier alpha value is -2.03. The standard InChI is InChI=1S/C15H18FN3O4/c16-10-1-2-12-13(5-10)18-14(17-12)8-23-9-15(21)19-3-4-22-7-11(20)6-19/h1-2,5,11,20H,3-4,6-9H2,(H,17,18)/t11-/m0/s1. The SMILES string of the molecule is O=C(COCc1nc2ccc(F)cc2[nH]1)N1CCOC[C@@H](O)C1. The lowest BCUT2D eigenvalue weighted by molar-refractivity contribution is -0.137. The third-order valence-corrected chi connectivity index (χ3v) is 3.56. The highest BCUT2D eigenvalue weighted by Gasteiger charge is 2.20. The molecule has 1 atom stereocenters. The molecule has 23 heavy (non-hydrogen) atoms. The Morgan fingerprint density at radius 2 is 2.43 bits per heavy atom. The number of hydrogen-bond acceptors (Lipinski definition) is 5. The van der Waals surface area contributed by atoms with Crippen LogP contribution in [0.1, 0.15) is 5.82 Å². The normalized spacial score (nSPS) is 19.0. The Bertz CT molecular complexity index is 690. The molecule has 8 heteroatoms. The van der Waals surface area contributed by atoms with Crippen LogP contribution in [0.2, 0.25) is 0 Å². The van der Waals surface area contributed by atoms with E-state index in [1.54, 1.807) is 6.07 Å². The average molecular weight is 323 g/mol. The number of carbonyl (C=O) groups excluding carboxylic acids is 1. The largest absolute Gasteiger partial charge is 0.389 e. The second-order valence-electron chi connectivity index (χ2n) is 5.41. The molecule has 7 nitrogen and oxygen atoms in total. The molecular formula is C15H18FN3O4. The smallest absolute Gasteiger partial charge is 0.248 e. The number of aromatic nitrogens is 2. The van der Waals surface area contributed by atoms with Gasteiger partial charge in [0.2, 0.25) is 5.91 Å². The van der Waals surface area contributed by atoms with E-state index in [1.165, 1.54) is 17.0 Å². The van der Waals surface area contributed by atoms with Gasteiger partial charge >= 0.3 is 0 Å². The van der Waals surface area contributed by atoms with Gasteiger partial charge in [-0.25, -0.2) is 9.37 Å². The lowest BCUT2D eigenvalue weighted by atomic mass is 10.3. The van der Waals surface area contributed by atoms with Gasteiger partial charge in [0.05, 0.1) is 30.4 Å². The van der Waals surface area contributed by atoms with E-state index in [0.717, 1.165) is 0 Å². The number of aliphatic hydroxyl groups is 1. The van der Waals surface area contributed by atoms with Crippen LogP contribution in [0.5, 0.6) is 0 Å². The van der Waals surface area contributed by atoms with Crippen LogP contribution in [-0.2, 0) is 20.9 Å². The molecule has 0 spiro atoms. The Labute approximate surface area is 132 Å². The Morgan fingerprint density at radius 3 is 3.30 bits per heavy atom. The van der Waals surface area contributed by atoms with Gasteiger partial charge in [-0.2, -0.15) is 0 Å². The lowest BCUT2D eigenvalue weighted by Crippen LogP contribution is -2.39. The summed E-state index contributed by atoms with van der Waals surface area (Å²) in [5.74, 6) is -0.0277. The highest BCUT2D eigenvalue weighted by atomic mass is 19.1. The molecule has 3 rings (SSSR count). The summed E-state index contributed by atoms with van der Waals surface area (Å²) >= 11 is 0. The molecule has 1 amide bonds. The highest BCUT2D eigenvalue weighted by Crippen LogP contribution is 2.13. The van der Waals surface area contributed by atoms with Crippen molar-refractivity contribution >= 4 is 16.9 Å². The van der Waals surface area contributed by atoms with Crippen LogP contribution in [-0.4, -0.2) is 64.9 Å². The number of aliphatic hydroxyl groups excluding tert-OH is 1. The third-order valence-electron chi connectivity index (χ3n) is 3.56. The van der Waals surface area contributed by atoms with Gasteiger partial charge in [-0.15, -0.1) is 0 Å². The Balaban J connectivity index is 1.52. The summed E-state index contributed by atoms with van der Waals surface area (Å²) in [6.45, 7) is 1.32. The maximum atomic E-state index is 13.1. The van der Waals surface area contributed by atoms with Crippen molar-refractivity contribution in [3.05, 3.63) is 29.8 Å². The van der Waals surface area contributed by atoms with Crippen LogP contribution in [0.4, 0.5) is 4.39 Å². The van der Waals surface area contributed by atoms with Crippen LogP contribution in [0.25, 0.3) is 11.0 Å². The number of hydrogen-bond donors (Lipinski definition) is 2. The lowest BCUT2D eigenvalue weighted by Gasteiger charge is -2.21. The summed E-state index contributed by atoms with van der Waals surface area (Å²) in [6.07, 6.45) is -0.674. The number of ether oxygens (including phenoxy) is 2. The summed E-state index contributed by atoms with van der Waals surface area (Å²) in [5, 5.41) is 9.61. The monoisotopic (exact) mass is 323 g/mol. The fraction of sp³-hybridized carbons (Fsp3) is 0.467. The molecule has 0 bridgehead atoms. The first-order chi connectivity index (χ1) is 11.1. The number of carbonyl (C=O) groups is 1. The molecule has 2 aromatic rings. The summed E-state index contributed by atoms with van der Waals surface area (Å²) in [6, 6.07) is 4.27. The molecule has 0 aliphatic carbocycles. The first-order valence-electron chi connectivity index (χ1n) is 7.37. The fourth-order valence-corrected chi connectivity index (χ4v) is 2.45. The summed E-state index contributed by atoms with van der Waals surface area (Å²) in [7, 11) is 0. The number of rotatable bonds is 4. The quantitative estimate of drug-likeness (QED) is 0.852. The summed E-state index contributed by atoms with van der Waals surface area (Å²) in [5.41, 5.74) is 1.23. The summed E-state index contributed by atoms with van der Waals surface area (Å²) in [4.78, 5) is 20.8. The van der Waals surface area contributed by atoms with Crippen LogP contribution in [0, 0.1) is 5.82 Å². The van der Waals surface area contributed by atoms with Crippen molar-refractivity contribution in [1.29, 1.82) is 0 Å². The zero-order chi connectivity index (χ0) is 16.2. The number of halogens is 1. The van der Waals surface area contributed by atoms with Crippen LogP contribution < -0.4 is 0 Å². The van der Waals surface area contributed by atoms with Crippen LogP contribution in [0.15, 0.2) is 18.2 Å². The van der Waals surface area contributed by atoms with Crippen molar-refractivity contribution in [1.82, 2.24) is 14.9 Å². The number of amides is 1. The van der Waals surface area contributed by atoms with Crippen LogP contribution >= 0.6 is 0 Å². The van der Waals surface area contributed by atoms with E-state index in [-0.39, 0.29) is 38.1 Å². The first-order valence-corrected chi connectivity index (χ1v) is 7.37. The minimum absolute atomic E-state index is 0.113. The van der Waals surface area contributed by atoms with Gasteiger partial charge < -0.3 is 24.5 Å². The molecule has 1 saturated heterocycles. The van der Waals surface area contributed by atoms with E-state index in [2.05, 4.69) is 9.97 Å². The van der Waals surface area contributed by atoms with Crippen molar-refractivity contribution in [3.8, 4) is 0 Å². The molecule has 1 aromatic carbocycles. The van der Waals surface area contributed by atoms with Crippen molar-refractivity contribution in [3.63, 3.8) is 0 Å².